The molecule has 1 aromatic carbocycles. The normalized spacial score (nSPS) is 27.6. The summed E-state index contributed by atoms with van der Waals surface area (Å²) in [6.07, 6.45) is 3.79. The maximum atomic E-state index is 5.86. The monoisotopic (exact) mass is 260 g/mol. The molecule has 102 valence electrons. The smallest absolute Gasteiger partial charge is 0.160 e. The van der Waals surface area contributed by atoms with Crippen molar-refractivity contribution in [3.63, 3.8) is 0 Å². The minimum Gasteiger partial charge on any atom is -0.397 e. The SMILES string of the molecule is CC1CCCC(Nc2ccc(N)c3nonc23)C1C. The maximum Gasteiger partial charge on any atom is 0.160 e. The Morgan fingerprint density at radius 2 is 2.00 bits per heavy atom. The molecule has 5 heteroatoms. The second kappa shape index (κ2) is 4.72. The second-order valence-electron chi connectivity index (χ2n) is 5.68. The molecule has 0 amide bonds. The standard InChI is InChI=1S/C14H20N4O/c1-8-4-3-5-11(9(8)2)16-12-7-6-10(15)13-14(12)18-19-17-13/h6-9,11,16H,3-5,15H2,1-2H3. The fraction of sp³-hybridized carbons (Fsp3) is 0.571. The highest BCUT2D eigenvalue weighted by Gasteiger charge is 2.27. The molecule has 3 N–H and O–H groups in total. The van der Waals surface area contributed by atoms with Crippen LogP contribution in [0.2, 0.25) is 0 Å². The van der Waals surface area contributed by atoms with Crippen LogP contribution in [-0.2, 0) is 0 Å². The summed E-state index contributed by atoms with van der Waals surface area (Å²) in [6, 6.07) is 4.30. The number of anilines is 2. The number of benzene rings is 1. The molecule has 1 aliphatic rings. The average molecular weight is 260 g/mol. The molecule has 19 heavy (non-hydrogen) atoms. The third-order valence-corrected chi connectivity index (χ3v) is 4.49. The fourth-order valence-electron chi connectivity index (χ4n) is 2.99. The van der Waals surface area contributed by atoms with Crippen LogP contribution in [0.4, 0.5) is 11.4 Å². The highest BCUT2D eigenvalue weighted by molar-refractivity contribution is 5.95. The molecule has 2 aromatic rings. The minimum absolute atomic E-state index is 0.479. The lowest BCUT2D eigenvalue weighted by molar-refractivity contribution is 0.253. The fourth-order valence-corrected chi connectivity index (χ4v) is 2.99. The highest BCUT2D eigenvalue weighted by atomic mass is 16.6. The summed E-state index contributed by atoms with van der Waals surface area (Å²) in [4.78, 5) is 0. The van der Waals surface area contributed by atoms with E-state index in [0.29, 0.717) is 23.2 Å². The summed E-state index contributed by atoms with van der Waals surface area (Å²) in [5.74, 6) is 1.41. The first-order valence-electron chi connectivity index (χ1n) is 6.94. The van der Waals surface area contributed by atoms with Gasteiger partial charge in [-0.3, -0.25) is 0 Å². The predicted octanol–water partition coefficient (Wildman–Crippen LogP) is 3.04. The number of rotatable bonds is 2. The summed E-state index contributed by atoms with van der Waals surface area (Å²) in [5, 5.41) is 11.4. The summed E-state index contributed by atoms with van der Waals surface area (Å²) in [5.41, 5.74) is 8.80. The van der Waals surface area contributed by atoms with E-state index in [9.17, 15) is 0 Å². The van der Waals surface area contributed by atoms with Crippen LogP contribution in [0, 0.1) is 11.8 Å². The lowest BCUT2D eigenvalue weighted by atomic mass is 9.78. The van der Waals surface area contributed by atoms with Crippen LogP contribution in [-0.4, -0.2) is 16.4 Å². The van der Waals surface area contributed by atoms with Crippen LogP contribution < -0.4 is 11.1 Å². The number of nitrogens with one attached hydrogen (secondary N) is 1. The Bertz CT molecular complexity index is 580. The number of aromatic nitrogens is 2. The Labute approximate surface area is 112 Å². The molecule has 3 unspecified atom stereocenters. The van der Waals surface area contributed by atoms with Gasteiger partial charge >= 0.3 is 0 Å². The molecule has 0 aliphatic heterocycles. The topological polar surface area (TPSA) is 77.0 Å². The van der Waals surface area contributed by atoms with Gasteiger partial charge in [-0.25, -0.2) is 4.63 Å². The van der Waals surface area contributed by atoms with E-state index in [-0.39, 0.29) is 0 Å². The van der Waals surface area contributed by atoms with E-state index in [4.69, 9.17) is 10.4 Å². The van der Waals surface area contributed by atoms with E-state index in [1.165, 1.54) is 19.3 Å². The third-order valence-electron chi connectivity index (χ3n) is 4.49. The molecule has 5 nitrogen and oxygen atoms in total. The van der Waals surface area contributed by atoms with Crippen molar-refractivity contribution in [2.75, 3.05) is 11.1 Å². The van der Waals surface area contributed by atoms with Crippen molar-refractivity contribution < 1.29 is 4.63 Å². The highest BCUT2D eigenvalue weighted by Crippen LogP contribution is 2.33. The Morgan fingerprint density at radius 1 is 1.21 bits per heavy atom. The Morgan fingerprint density at radius 3 is 2.84 bits per heavy atom. The Balaban J connectivity index is 1.89. The molecule has 1 saturated carbocycles. The van der Waals surface area contributed by atoms with Gasteiger partial charge in [0.2, 0.25) is 0 Å². The molecule has 0 bridgehead atoms. The molecule has 1 aliphatic carbocycles. The van der Waals surface area contributed by atoms with Crippen molar-refractivity contribution in [2.45, 2.75) is 39.2 Å². The third kappa shape index (κ3) is 2.13. The van der Waals surface area contributed by atoms with Crippen LogP contribution in [0.5, 0.6) is 0 Å². The molecule has 0 spiro atoms. The van der Waals surface area contributed by atoms with E-state index in [2.05, 4.69) is 29.5 Å². The van der Waals surface area contributed by atoms with Crippen molar-refractivity contribution in [2.24, 2.45) is 11.8 Å². The van der Waals surface area contributed by atoms with Gasteiger partial charge in [-0.1, -0.05) is 26.7 Å². The first-order valence-corrected chi connectivity index (χ1v) is 6.94. The first-order chi connectivity index (χ1) is 9.16. The van der Waals surface area contributed by atoms with Crippen molar-refractivity contribution in [1.29, 1.82) is 0 Å². The van der Waals surface area contributed by atoms with Gasteiger partial charge in [-0.15, -0.1) is 0 Å². The van der Waals surface area contributed by atoms with Crippen LogP contribution in [0.1, 0.15) is 33.1 Å². The van der Waals surface area contributed by atoms with Crippen LogP contribution in [0.25, 0.3) is 11.0 Å². The lowest BCUT2D eigenvalue weighted by Gasteiger charge is -2.35. The largest absolute Gasteiger partial charge is 0.397 e. The van der Waals surface area contributed by atoms with Crippen molar-refractivity contribution in [1.82, 2.24) is 10.3 Å². The minimum atomic E-state index is 0.479. The molecular weight excluding hydrogens is 240 g/mol. The van der Waals surface area contributed by atoms with Gasteiger partial charge in [0.15, 0.2) is 11.0 Å². The van der Waals surface area contributed by atoms with E-state index in [1.54, 1.807) is 0 Å². The van der Waals surface area contributed by atoms with Gasteiger partial charge in [0.05, 0.1) is 11.4 Å². The number of hydrogen-bond acceptors (Lipinski definition) is 5. The summed E-state index contributed by atoms with van der Waals surface area (Å²) in [6.45, 7) is 4.64. The van der Waals surface area contributed by atoms with Gasteiger partial charge in [-0.2, -0.15) is 0 Å². The zero-order valence-electron chi connectivity index (χ0n) is 11.4. The van der Waals surface area contributed by atoms with Gasteiger partial charge < -0.3 is 11.1 Å². The molecule has 3 atom stereocenters. The first kappa shape index (κ1) is 12.3. The maximum absolute atomic E-state index is 5.86. The summed E-state index contributed by atoms with van der Waals surface area (Å²) >= 11 is 0. The molecule has 1 heterocycles. The van der Waals surface area contributed by atoms with Gasteiger partial charge in [0.1, 0.15) is 0 Å². The molecule has 1 aromatic heterocycles. The zero-order valence-corrected chi connectivity index (χ0v) is 11.4. The van der Waals surface area contributed by atoms with Crippen molar-refractivity contribution in [3.8, 4) is 0 Å². The van der Waals surface area contributed by atoms with Crippen LogP contribution >= 0.6 is 0 Å². The van der Waals surface area contributed by atoms with E-state index < -0.39 is 0 Å². The number of nitrogens with two attached hydrogens (primary N) is 1. The number of fused-ring (bicyclic) bond motifs is 1. The van der Waals surface area contributed by atoms with Gasteiger partial charge in [0.25, 0.3) is 0 Å². The number of hydrogen-bond donors (Lipinski definition) is 2. The number of nitrogen functional groups attached to an aromatic ring is 1. The van der Waals surface area contributed by atoms with E-state index >= 15 is 0 Å². The molecular formula is C14H20N4O. The average Bonchev–Trinajstić information content (AvgIpc) is 2.88. The second-order valence-corrected chi connectivity index (χ2v) is 5.68. The Hall–Kier alpha value is -1.78. The molecule has 1 fully saturated rings. The Kier molecular flexibility index (Phi) is 3.05. The van der Waals surface area contributed by atoms with Crippen molar-refractivity contribution in [3.05, 3.63) is 12.1 Å². The molecule has 0 saturated heterocycles. The van der Waals surface area contributed by atoms with E-state index in [1.807, 2.05) is 12.1 Å². The summed E-state index contributed by atoms with van der Waals surface area (Å²) in [7, 11) is 0. The lowest BCUT2D eigenvalue weighted by Crippen LogP contribution is -2.35. The molecule has 3 rings (SSSR count). The number of nitrogens with zero attached hydrogens (tertiary/aromatic N) is 2. The van der Waals surface area contributed by atoms with Crippen LogP contribution in [0.15, 0.2) is 16.8 Å². The van der Waals surface area contributed by atoms with Crippen LogP contribution in [0.3, 0.4) is 0 Å². The van der Waals surface area contributed by atoms with E-state index in [0.717, 1.165) is 17.1 Å². The zero-order chi connectivity index (χ0) is 13.4. The summed E-state index contributed by atoms with van der Waals surface area (Å²) < 4.78 is 4.80. The van der Waals surface area contributed by atoms with Gasteiger partial charge in [0, 0.05) is 6.04 Å². The molecule has 0 radical (unpaired) electrons. The predicted molar refractivity (Wildman–Crippen MR) is 75.8 cm³/mol. The van der Waals surface area contributed by atoms with Crippen molar-refractivity contribution >= 4 is 22.4 Å². The van der Waals surface area contributed by atoms with Gasteiger partial charge in [-0.05, 0) is 40.7 Å². The quantitative estimate of drug-likeness (QED) is 0.811.